The van der Waals surface area contributed by atoms with Gasteiger partial charge < -0.3 is 14.5 Å². The van der Waals surface area contributed by atoms with E-state index >= 15 is 0 Å². The second-order valence-corrected chi connectivity index (χ2v) is 8.54. The Bertz CT molecular complexity index is 825. The van der Waals surface area contributed by atoms with E-state index in [0.29, 0.717) is 6.04 Å². The van der Waals surface area contributed by atoms with Gasteiger partial charge in [-0.3, -0.25) is 0 Å². The summed E-state index contributed by atoms with van der Waals surface area (Å²) in [5.74, 6) is 0. The lowest BCUT2D eigenvalue weighted by atomic mass is 9.94. The van der Waals surface area contributed by atoms with Crippen LogP contribution in [0.4, 0.5) is 11.4 Å². The third-order valence-electron chi connectivity index (χ3n) is 6.84. The molecule has 0 spiro atoms. The van der Waals surface area contributed by atoms with Crippen LogP contribution in [0.15, 0.2) is 36.4 Å². The zero-order valence-corrected chi connectivity index (χ0v) is 18.4. The number of ether oxygens (including phenoxy) is 1. The summed E-state index contributed by atoms with van der Waals surface area (Å²) < 4.78 is 5.59. The molecule has 3 nitrogen and oxygen atoms in total. The van der Waals surface area contributed by atoms with Gasteiger partial charge in [-0.25, -0.2) is 0 Å². The van der Waals surface area contributed by atoms with Crippen LogP contribution in [0.3, 0.4) is 0 Å². The molecule has 2 aliphatic rings. The molecule has 0 saturated heterocycles. The molecule has 156 valence electrons. The smallest absolute Gasteiger partial charge is 0.0641 e. The lowest BCUT2D eigenvalue weighted by molar-refractivity contribution is 0.154. The van der Waals surface area contributed by atoms with Crippen LogP contribution in [0, 0.1) is 0 Å². The molecular formula is C26H36N2O. The average Bonchev–Trinajstić information content (AvgIpc) is 3.14. The number of hydrogen-bond acceptors (Lipinski definition) is 3. The first-order valence-corrected chi connectivity index (χ1v) is 11.5. The number of anilines is 2. The Morgan fingerprint density at radius 3 is 2.21 bits per heavy atom. The molecule has 0 heterocycles. The van der Waals surface area contributed by atoms with Crippen molar-refractivity contribution >= 4 is 11.4 Å². The quantitative estimate of drug-likeness (QED) is 0.445. The molecule has 0 atom stereocenters. The van der Waals surface area contributed by atoms with Crippen molar-refractivity contribution < 1.29 is 4.74 Å². The predicted octanol–water partition coefficient (Wildman–Crippen LogP) is 5.89. The van der Waals surface area contributed by atoms with Crippen molar-refractivity contribution in [3.63, 3.8) is 0 Å². The molecule has 3 heteroatoms. The summed E-state index contributed by atoms with van der Waals surface area (Å²) in [5, 5.41) is 0. The van der Waals surface area contributed by atoms with E-state index in [9.17, 15) is 0 Å². The zero-order valence-electron chi connectivity index (χ0n) is 18.4. The monoisotopic (exact) mass is 392 g/mol. The van der Waals surface area contributed by atoms with Gasteiger partial charge in [0.2, 0.25) is 0 Å². The van der Waals surface area contributed by atoms with Crippen molar-refractivity contribution in [1.29, 1.82) is 0 Å². The largest absolute Gasteiger partial charge is 0.380 e. The van der Waals surface area contributed by atoms with Crippen LogP contribution >= 0.6 is 0 Å². The summed E-state index contributed by atoms with van der Waals surface area (Å²) in [6, 6.07) is 14.9. The Balaban J connectivity index is 1.59. The molecule has 0 radical (unpaired) electrons. The molecule has 0 aliphatic heterocycles. The number of likely N-dealkylation sites (N-methyl/N-ethyl adjacent to an activating group) is 1. The minimum absolute atomic E-state index is 0.697. The molecule has 0 N–H and O–H groups in total. The molecule has 2 aromatic rings. The van der Waals surface area contributed by atoms with Crippen molar-refractivity contribution in [2.45, 2.75) is 58.4 Å². The topological polar surface area (TPSA) is 15.7 Å². The first-order chi connectivity index (χ1) is 14.2. The fraction of sp³-hybridized carbons (Fsp3) is 0.538. The molecular weight excluding hydrogens is 356 g/mol. The van der Waals surface area contributed by atoms with E-state index in [2.05, 4.69) is 67.1 Å². The van der Waals surface area contributed by atoms with Crippen LogP contribution in [0.5, 0.6) is 0 Å². The minimum Gasteiger partial charge on any atom is -0.380 e. The molecule has 2 aromatic carbocycles. The number of fused-ring (bicyclic) bond motifs is 3. The fourth-order valence-corrected chi connectivity index (χ4v) is 5.03. The minimum atomic E-state index is 0.697. The highest BCUT2D eigenvalue weighted by atomic mass is 16.5. The van der Waals surface area contributed by atoms with E-state index in [1.807, 2.05) is 0 Å². The summed E-state index contributed by atoms with van der Waals surface area (Å²) >= 11 is 0. The Morgan fingerprint density at radius 2 is 1.55 bits per heavy atom. The van der Waals surface area contributed by atoms with Crippen LogP contribution in [-0.2, 0) is 11.2 Å². The maximum absolute atomic E-state index is 5.59. The average molecular weight is 393 g/mol. The van der Waals surface area contributed by atoms with Crippen molar-refractivity contribution in [3.05, 3.63) is 47.5 Å². The highest BCUT2D eigenvalue weighted by molar-refractivity contribution is 5.82. The second kappa shape index (κ2) is 9.21. The lowest BCUT2D eigenvalue weighted by Gasteiger charge is -2.33. The Hall–Kier alpha value is -2.00. The highest BCUT2D eigenvalue weighted by Crippen LogP contribution is 2.41. The summed E-state index contributed by atoms with van der Waals surface area (Å²) in [5.41, 5.74) is 8.47. The normalized spacial score (nSPS) is 15.8. The zero-order chi connectivity index (χ0) is 20.2. The number of nitrogens with zero attached hydrogens (tertiary/aromatic N) is 2. The van der Waals surface area contributed by atoms with Crippen molar-refractivity contribution in [2.75, 3.05) is 43.2 Å². The van der Waals surface area contributed by atoms with Crippen LogP contribution in [0.1, 0.15) is 57.1 Å². The van der Waals surface area contributed by atoms with Crippen LogP contribution in [-0.4, -0.2) is 39.4 Å². The molecule has 0 amide bonds. The summed E-state index contributed by atoms with van der Waals surface area (Å²) in [6.07, 6.45) is 7.88. The molecule has 0 bridgehead atoms. The van der Waals surface area contributed by atoms with Crippen molar-refractivity contribution in [2.24, 2.45) is 0 Å². The first-order valence-electron chi connectivity index (χ1n) is 11.5. The fourth-order valence-electron chi connectivity index (χ4n) is 5.03. The first kappa shape index (κ1) is 20.3. The van der Waals surface area contributed by atoms with E-state index in [1.165, 1.54) is 65.7 Å². The lowest BCUT2D eigenvalue weighted by Crippen LogP contribution is -2.33. The molecule has 4 rings (SSSR count). The van der Waals surface area contributed by atoms with Crippen molar-refractivity contribution in [1.82, 2.24) is 0 Å². The Kier molecular flexibility index (Phi) is 6.44. The van der Waals surface area contributed by atoms with Gasteiger partial charge >= 0.3 is 0 Å². The van der Waals surface area contributed by atoms with Crippen LogP contribution in [0.25, 0.3) is 11.1 Å². The second-order valence-electron chi connectivity index (χ2n) is 8.54. The van der Waals surface area contributed by atoms with Gasteiger partial charge in [-0.2, -0.15) is 0 Å². The maximum atomic E-state index is 5.59. The van der Waals surface area contributed by atoms with Gasteiger partial charge in [-0.15, -0.1) is 0 Å². The summed E-state index contributed by atoms with van der Waals surface area (Å²) in [7, 11) is 2.29. The number of benzene rings is 2. The van der Waals surface area contributed by atoms with Gasteiger partial charge in [0.15, 0.2) is 0 Å². The molecule has 0 aromatic heterocycles. The third kappa shape index (κ3) is 4.30. The van der Waals surface area contributed by atoms with Gasteiger partial charge in [0.05, 0.1) is 6.61 Å². The van der Waals surface area contributed by atoms with Gasteiger partial charge in [0, 0.05) is 44.2 Å². The maximum Gasteiger partial charge on any atom is 0.0641 e. The van der Waals surface area contributed by atoms with E-state index < -0.39 is 0 Å². The van der Waals surface area contributed by atoms with Gasteiger partial charge in [0.25, 0.3) is 0 Å². The van der Waals surface area contributed by atoms with E-state index in [-0.39, 0.29) is 0 Å². The van der Waals surface area contributed by atoms with E-state index in [4.69, 9.17) is 4.74 Å². The molecule has 2 aliphatic carbocycles. The van der Waals surface area contributed by atoms with Crippen LogP contribution < -0.4 is 9.80 Å². The number of hydrogen-bond donors (Lipinski definition) is 0. The molecule has 1 saturated carbocycles. The summed E-state index contributed by atoms with van der Waals surface area (Å²) in [6.45, 7) is 7.80. The summed E-state index contributed by atoms with van der Waals surface area (Å²) in [4.78, 5) is 4.95. The van der Waals surface area contributed by atoms with Gasteiger partial charge in [-0.1, -0.05) is 31.4 Å². The van der Waals surface area contributed by atoms with Gasteiger partial charge in [0.1, 0.15) is 0 Å². The Morgan fingerprint density at radius 1 is 0.897 bits per heavy atom. The van der Waals surface area contributed by atoms with Crippen molar-refractivity contribution in [3.8, 4) is 11.1 Å². The molecule has 0 unspecified atom stereocenters. The Labute approximate surface area is 176 Å². The molecule has 1 fully saturated rings. The molecule has 29 heavy (non-hydrogen) atoms. The number of rotatable bonds is 8. The third-order valence-corrected chi connectivity index (χ3v) is 6.84. The van der Waals surface area contributed by atoms with E-state index in [1.54, 1.807) is 0 Å². The van der Waals surface area contributed by atoms with Crippen LogP contribution in [0.2, 0.25) is 0 Å². The standard InChI is InChI=1S/C26H36N2O/c1-4-28(15-16-29-5-2)24-14-12-21-17-20-11-13-23(18-25(20)26(21)19-24)27(3)22-9-7-6-8-10-22/h11-14,18-19,22H,4-10,15-17H2,1-3H3. The SMILES string of the molecule is CCOCCN(CC)c1ccc2c(c1)-c1cc(N(C)C3CCCCC3)ccc1C2. The highest BCUT2D eigenvalue weighted by Gasteiger charge is 2.23. The van der Waals surface area contributed by atoms with Gasteiger partial charge in [-0.05, 0) is 79.6 Å². The van der Waals surface area contributed by atoms with E-state index in [0.717, 1.165) is 32.7 Å². The predicted molar refractivity (Wildman–Crippen MR) is 124 cm³/mol.